The molecule has 0 radical (unpaired) electrons. The minimum atomic E-state index is -0.106. The number of fused-ring (bicyclic) bond motifs is 1. The number of carbonyl (C=O) groups is 1. The summed E-state index contributed by atoms with van der Waals surface area (Å²) < 4.78 is 18.6. The molecule has 4 rings (SSSR count). The molecule has 0 aliphatic heterocycles. The summed E-state index contributed by atoms with van der Waals surface area (Å²) in [5.41, 5.74) is 3.47. The number of ether oxygens (including phenoxy) is 3. The predicted octanol–water partition coefficient (Wildman–Crippen LogP) is 3.57. The SMILES string of the molecule is COc1ccc(-n2nc(C)c3sc(N(C)CC(=O)NCc4ccc(OC)c(OC)c4)nc32)cc1. The number of methoxy groups -OCH3 is 3. The molecule has 0 bridgehead atoms. The fourth-order valence-electron chi connectivity index (χ4n) is 3.52. The summed E-state index contributed by atoms with van der Waals surface area (Å²) in [5.74, 6) is 1.95. The Balaban J connectivity index is 1.44. The highest BCUT2D eigenvalue weighted by atomic mass is 32.1. The van der Waals surface area contributed by atoms with Crippen LogP contribution in [0.2, 0.25) is 0 Å². The molecule has 9 nitrogen and oxygen atoms in total. The van der Waals surface area contributed by atoms with E-state index in [9.17, 15) is 4.79 Å². The average molecular weight is 482 g/mol. The van der Waals surface area contributed by atoms with Gasteiger partial charge in [-0.3, -0.25) is 4.79 Å². The van der Waals surface area contributed by atoms with Gasteiger partial charge in [0.15, 0.2) is 22.3 Å². The van der Waals surface area contributed by atoms with Crippen LogP contribution in [0, 0.1) is 6.92 Å². The van der Waals surface area contributed by atoms with Crippen molar-refractivity contribution < 1.29 is 19.0 Å². The first-order valence-electron chi connectivity index (χ1n) is 10.6. The molecule has 2 aromatic carbocycles. The number of nitrogens with one attached hydrogen (secondary N) is 1. The minimum absolute atomic E-state index is 0.106. The third-order valence-electron chi connectivity index (χ3n) is 5.34. The number of aryl methyl sites for hydroxylation is 1. The van der Waals surface area contributed by atoms with Gasteiger partial charge in [-0.25, -0.2) is 4.68 Å². The maximum atomic E-state index is 12.6. The van der Waals surface area contributed by atoms with Crippen molar-refractivity contribution in [2.45, 2.75) is 13.5 Å². The molecule has 0 aliphatic rings. The van der Waals surface area contributed by atoms with E-state index in [0.29, 0.717) is 18.0 Å². The smallest absolute Gasteiger partial charge is 0.239 e. The van der Waals surface area contributed by atoms with Gasteiger partial charge in [-0.1, -0.05) is 17.4 Å². The van der Waals surface area contributed by atoms with E-state index in [0.717, 1.165) is 38.2 Å². The summed E-state index contributed by atoms with van der Waals surface area (Å²) in [4.78, 5) is 19.2. The largest absolute Gasteiger partial charge is 0.497 e. The number of nitrogens with zero attached hydrogens (tertiary/aromatic N) is 4. The third kappa shape index (κ3) is 4.76. The van der Waals surface area contributed by atoms with Crippen LogP contribution < -0.4 is 24.4 Å². The van der Waals surface area contributed by atoms with Gasteiger partial charge < -0.3 is 24.4 Å². The number of anilines is 1. The van der Waals surface area contributed by atoms with Crippen molar-refractivity contribution in [3.63, 3.8) is 0 Å². The first-order chi connectivity index (χ1) is 16.4. The van der Waals surface area contributed by atoms with Gasteiger partial charge in [0.05, 0.1) is 44.0 Å². The van der Waals surface area contributed by atoms with Crippen molar-refractivity contribution >= 4 is 32.7 Å². The minimum Gasteiger partial charge on any atom is -0.497 e. The summed E-state index contributed by atoms with van der Waals surface area (Å²) in [6, 6.07) is 13.2. The normalized spacial score (nSPS) is 10.9. The summed E-state index contributed by atoms with van der Waals surface area (Å²) in [6.07, 6.45) is 0. The lowest BCUT2D eigenvalue weighted by Gasteiger charge is -2.15. The van der Waals surface area contributed by atoms with Crippen LogP contribution in [0.3, 0.4) is 0 Å². The van der Waals surface area contributed by atoms with Crippen LogP contribution >= 0.6 is 11.3 Å². The van der Waals surface area contributed by atoms with Gasteiger partial charge in [0.25, 0.3) is 0 Å². The van der Waals surface area contributed by atoms with Crippen molar-refractivity contribution in [2.75, 3.05) is 39.8 Å². The highest BCUT2D eigenvalue weighted by Crippen LogP contribution is 2.32. The molecule has 0 saturated heterocycles. The number of rotatable bonds is 9. The molecule has 0 fully saturated rings. The molecule has 0 atom stereocenters. The van der Waals surface area contributed by atoms with Crippen molar-refractivity contribution in [1.82, 2.24) is 20.1 Å². The highest BCUT2D eigenvalue weighted by molar-refractivity contribution is 7.22. The van der Waals surface area contributed by atoms with Crippen LogP contribution in [-0.2, 0) is 11.3 Å². The summed E-state index contributed by atoms with van der Waals surface area (Å²) in [6.45, 7) is 2.52. The van der Waals surface area contributed by atoms with E-state index >= 15 is 0 Å². The quantitative estimate of drug-likeness (QED) is 0.391. The summed E-state index contributed by atoms with van der Waals surface area (Å²) in [7, 11) is 6.67. The van der Waals surface area contributed by atoms with Crippen molar-refractivity contribution in [3.05, 3.63) is 53.7 Å². The van der Waals surface area contributed by atoms with Gasteiger partial charge in [-0.2, -0.15) is 10.1 Å². The standard InChI is InChI=1S/C24H27N5O4S/c1-15-22-23(29(27-15)17-7-9-18(31-3)10-8-17)26-24(34-22)28(2)14-21(30)25-13-16-6-11-19(32-4)20(12-16)33-5/h6-12H,13-14H2,1-5H3,(H,25,30). The highest BCUT2D eigenvalue weighted by Gasteiger charge is 2.18. The molecular weight excluding hydrogens is 454 g/mol. The summed E-state index contributed by atoms with van der Waals surface area (Å²) >= 11 is 1.52. The zero-order valence-electron chi connectivity index (χ0n) is 19.8. The number of hydrogen-bond acceptors (Lipinski definition) is 8. The monoisotopic (exact) mass is 481 g/mol. The van der Waals surface area contributed by atoms with Crippen molar-refractivity contribution in [1.29, 1.82) is 0 Å². The van der Waals surface area contributed by atoms with Crippen LogP contribution in [0.4, 0.5) is 5.13 Å². The molecule has 0 aliphatic carbocycles. The Morgan fingerprint density at radius 2 is 1.79 bits per heavy atom. The molecular formula is C24H27N5O4S. The van der Waals surface area contributed by atoms with E-state index in [1.165, 1.54) is 11.3 Å². The van der Waals surface area contributed by atoms with Crippen LogP contribution in [-0.4, -0.2) is 55.6 Å². The Hall–Kier alpha value is -3.79. The molecule has 1 N–H and O–H groups in total. The Bertz CT molecular complexity index is 1300. The van der Waals surface area contributed by atoms with Crippen LogP contribution in [0.15, 0.2) is 42.5 Å². The van der Waals surface area contributed by atoms with Crippen molar-refractivity contribution in [3.8, 4) is 22.9 Å². The van der Waals surface area contributed by atoms with Gasteiger partial charge in [-0.15, -0.1) is 0 Å². The number of hydrogen-bond donors (Lipinski definition) is 1. The van der Waals surface area contributed by atoms with E-state index in [-0.39, 0.29) is 12.5 Å². The van der Waals surface area contributed by atoms with E-state index in [1.54, 1.807) is 21.3 Å². The Morgan fingerprint density at radius 3 is 2.47 bits per heavy atom. The molecule has 4 aromatic rings. The third-order valence-corrected chi connectivity index (χ3v) is 6.61. The zero-order chi connectivity index (χ0) is 24.2. The predicted molar refractivity (Wildman–Crippen MR) is 133 cm³/mol. The van der Waals surface area contributed by atoms with Gasteiger partial charge >= 0.3 is 0 Å². The van der Waals surface area contributed by atoms with Gasteiger partial charge in [0.1, 0.15) is 5.75 Å². The number of amides is 1. The fourth-order valence-corrected chi connectivity index (χ4v) is 4.47. The molecule has 0 saturated carbocycles. The van der Waals surface area contributed by atoms with Crippen molar-refractivity contribution in [2.24, 2.45) is 0 Å². The second-order valence-electron chi connectivity index (χ2n) is 7.67. The Labute approximate surface area is 201 Å². The number of thiazole rings is 1. The molecule has 10 heteroatoms. The fraction of sp³-hybridized carbons (Fsp3) is 0.292. The van der Waals surface area contributed by atoms with E-state index < -0.39 is 0 Å². The number of benzene rings is 2. The second kappa shape index (κ2) is 10.0. The molecule has 178 valence electrons. The molecule has 0 unspecified atom stereocenters. The lowest BCUT2D eigenvalue weighted by atomic mass is 10.2. The van der Waals surface area contributed by atoms with Crippen LogP contribution in [0.5, 0.6) is 17.2 Å². The summed E-state index contributed by atoms with van der Waals surface area (Å²) in [5, 5.41) is 8.33. The molecule has 34 heavy (non-hydrogen) atoms. The lowest BCUT2D eigenvalue weighted by molar-refractivity contribution is -0.119. The van der Waals surface area contributed by atoms with Gasteiger partial charge in [0, 0.05) is 13.6 Å². The maximum Gasteiger partial charge on any atom is 0.239 e. The van der Waals surface area contributed by atoms with Crippen LogP contribution in [0.25, 0.3) is 16.0 Å². The Morgan fingerprint density at radius 1 is 1.06 bits per heavy atom. The van der Waals surface area contributed by atoms with Gasteiger partial charge in [0.2, 0.25) is 5.91 Å². The number of carbonyl (C=O) groups excluding carboxylic acids is 1. The second-order valence-corrected chi connectivity index (χ2v) is 8.64. The molecule has 0 spiro atoms. The number of likely N-dealkylation sites (N-methyl/N-ethyl adjacent to an activating group) is 1. The maximum absolute atomic E-state index is 12.6. The molecule has 2 aromatic heterocycles. The lowest BCUT2D eigenvalue weighted by Crippen LogP contribution is -2.34. The van der Waals surface area contributed by atoms with E-state index in [2.05, 4.69) is 10.4 Å². The van der Waals surface area contributed by atoms with E-state index in [1.807, 2.05) is 66.0 Å². The van der Waals surface area contributed by atoms with Crippen LogP contribution in [0.1, 0.15) is 11.3 Å². The van der Waals surface area contributed by atoms with E-state index in [4.69, 9.17) is 19.2 Å². The topological polar surface area (TPSA) is 90.7 Å². The first-order valence-corrected chi connectivity index (χ1v) is 11.4. The molecule has 1 amide bonds. The molecule has 2 heterocycles. The zero-order valence-corrected chi connectivity index (χ0v) is 20.6. The first kappa shape index (κ1) is 23.4. The number of aromatic nitrogens is 3. The Kier molecular flexibility index (Phi) is 6.87. The van der Waals surface area contributed by atoms with Gasteiger partial charge in [-0.05, 0) is 48.9 Å². The average Bonchev–Trinajstić information content (AvgIpc) is 3.43.